The number of hydrogen-bond donors (Lipinski definition) is 1. The predicted octanol–water partition coefficient (Wildman–Crippen LogP) is 7.33. The zero-order valence-electron chi connectivity index (χ0n) is 20.9. The van der Waals surface area contributed by atoms with E-state index < -0.39 is 11.9 Å². The highest BCUT2D eigenvalue weighted by Gasteiger charge is 2.35. The van der Waals surface area contributed by atoms with Crippen molar-refractivity contribution in [3.8, 4) is 5.75 Å². The van der Waals surface area contributed by atoms with Crippen LogP contribution in [0, 0.1) is 5.92 Å². The summed E-state index contributed by atoms with van der Waals surface area (Å²) < 4.78 is 9.33. The van der Waals surface area contributed by atoms with Crippen LogP contribution in [0.2, 0.25) is 0 Å². The summed E-state index contributed by atoms with van der Waals surface area (Å²) in [4.78, 5) is 21.9. The Morgan fingerprint density at radius 1 is 0.947 bits per heavy atom. The Bertz CT molecular complexity index is 1630. The monoisotopic (exact) mass is 569 g/mol. The molecule has 5 aromatic rings. The highest BCUT2D eigenvalue weighted by molar-refractivity contribution is 9.10. The number of ether oxygens (including phenoxy) is 1. The summed E-state index contributed by atoms with van der Waals surface area (Å²) in [7, 11) is 0. The zero-order chi connectivity index (χ0) is 26.1. The standard InChI is InChI=1S/C31H28BrN3O3/c32-22-8-5-6-20(16-22)18-35-29-15-14-24(38-19-23-13-12-21-7-1-4-11-27(21)33-23)17-28(29)34-30(35)25-9-2-3-10-26(25)31(36)37/h1,4-8,11-17,25-26H,2-3,9-10,18-19H2,(H,36,37). The average molecular weight is 570 g/mol. The first-order valence-corrected chi connectivity index (χ1v) is 13.8. The van der Waals surface area contributed by atoms with Gasteiger partial charge in [-0.05, 0) is 54.8 Å². The third kappa shape index (κ3) is 5.03. The molecule has 2 atom stereocenters. The maximum absolute atomic E-state index is 12.2. The van der Waals surface area contributed by atoms with Crippen LogP contribution >= 0.6 is 15.9 Å². The molecule has 2 aromatic heterocycles. The molecule has 1 aliphatic carbocycles. The molecule has 0 saturated heterocycles. The van der Waals surface area contributed by atoms with Gasteiger partial charge < -0.3 is 14.4 Å². The molecule has 7 heteroatoms. The number of nitrogens with zero attached hydrogens (tertiary/aromatic N) is 3. The minimum atomic E-state index is -0.734. The van der Waals surface area contributed by atoms with Gasteiger partial charge >= 0.3 is 5.97 Å². The molecule has 0 amide bonds. The van der Waals surface area contributed by atoms with Crippen molar-refractivity contribution in [2.75, 3.05) is 0 Å². The first-order valence-electron chi connectivity index (χ1n) is 13.0. The SMILES string of the molecule is O=C(O)C1CCCCC1c1nc2cc(OCc3ccc4ccccc4n3)ccc2n1Cc1cccc(Br)c1. The Kier molecular flexibility index (Phi) is 6.85. The molecule has 6 nitrogen and oxygen atoms in total. The molecule has 0 bridgehead atoms. The van der Waals surface area contributed by atoms with Crippen molar-refractivity contribution in [2.24, 2.45) is 5.92 Å². The molecule has 0 spiro atoms. The number of para-hydroxylation sites is 1. The quantitative estimate of drug-likeness (QED) is 0.222. The van der Waals surface area contributed by atoms with Crippen LogP contribution in [0.5, 0.6) is 5.75 Å². The fourth-order valence-electron chi connectivity index (χ4n) is 5.57. The molecule has 192 valence electrons. The normalized spacial score (nSPS) is 17.6. The van der Waals surface area contributed by atoms with Gasteiger partial charge in [0.25, 0.3) is 0 Å². The number of hydrogen-bond acceptors (Lipinski definition) is 4. The highest BCUT2D eigenvalue weighted by atomic mass is 79.9. The molecule has 0 radical (unpaired) electrons. The van der Waals surface area contributed by atoms with Gasteiger partial charge in [-0.25, -0.2) is 9.97 Å². The van der Waals surface area contributed by atoms with Crippen LogP contribution < -0.4 is 4.74 Å². The molecule has 1 N–H and O–H groups in total. The van der Waals surface area contributed by atoms with Crippen LogP contribution in [0.3, 0.4) is 0 Å². The Labute approximate surface area is 229 Å². The first kappa shape index (κ1) is 24.6. The molecule has 1 aliphatic rings. The lowest BCUT2D eigenvalue weighted by atomic mass is 9.78. The van der Waals surface area contributed by atoms with Crippen molar-refractivity contribution in [1.29, 1.82) is 0 Å². The number of pyridine rings is 1. The number of aliphatic carboxylic acids is 1. The smallest absolute Gasteiger partial charge is 0.307 e. The van der Waals surface area contributed by atoms with Crippen molar-refractivity contribution in [2.45, 2.75) is 44.8 Å². The van der Waals surface area contributed by atoms with Gasteiger partial charge in [-0.3, -0.25) is 4.79 Å². The lowest BCUT2D eigenvalue weighted by Crippen LogP contribution is -2.27. The summed E-state index contributed by atoms with van der Waals surface area (Å²) in [6, 6.07) is 26.2. The molecule has 1 saturated carbocycles. The van der Waals surface area contributed by atoms with Crippen LogP contribution in [0.15, 0.2) is 83.3 Å². The van der Waals surface area contributed by atoms with Gasteiger partial charge in [-0.1, -0.05) is 65.2 Å². The third-order valence-electron chi connectivity index (χ3n) is 7.44. The van der Waals surface area contributed by atoms with Crippen LogP contribution in [0.1, 0.15) is 48.7 Å². The molecule has 2 unspecified atom stereocenters. The minimum absolute atomic E-state index is 0.119. The van der Waals surface area contributed by atoms with Crippen LogP contribution in [0.4, 0.5) is 0 Å². The lowest BCUT2D eigenvalue weighted by molar-refractivity contribution is -0.143. The lowest BCUT2D eigenvalue weighted by Gasteiger charge is -2.28. The Balaban J connectivity index is 1.34. The van der Waals surface area contributed by atoms with Gasteiger partial charge in [0.1, 0.15) is 18.2 Å². The number of halogens is 1. The van der Waals surface area contributed by atoms with Gasteiger partial charge in [0.2, 0.25) is 0 Å². The van der Waals surface area contributed by atoms with E-state index in [1.54, 1.807) is 0 Å². The molecule has 0 aliphatic heterocycles. The predicted molar refractivity (Wildman–Crippen MR) is 151 cm³/mol. The van der Waals surface area contributed by atoms with E-state index in [4.69, 9.17) is 14.7 Å². The number of imidazole rings is 1. The molecule has 3 aromatic carbocycles. The summed E-state index contributed by atoms with van der Waals surface area (Å²) in [6.07, 6.45) is 3.48. The van der Waals surface area contributed by atoms with Gasteiger partial charge in [-0.2, -0.15) is 0 Å². The second-order valence-corrected chi connectivity index (χ2v) is 10.9. The molecule has 38 heavy (non-hydrogen) atoms. The fourth-order valence-corrected chi connectivity index (χ4v) is 6.01. The fraction of sp³-hybridized carbons (Fsp3) is 0.258. The molecular formula is C31H28BrN3O3. The third-order valence-corrected chi connectivity index (χ3v) is 7.93. The Morgan fingerprint density at radius 3 is 2.68 bits per heavy atom. The number of aromatic nitrogens is 3. The maximum Gasteiger partial charge on any atom is 0.307 e. The molecule has 1 fully saturated rings. The van der Waals surface area contributed by atoms with E-state index in [9.17, 15) is 9.90 Å². The van der Waals surface area contributed by atoms with Gasteiger partial charge in [0.15, 0.2) is 0 Å². The average Bonchev–Trinajstić information content (AvgIpc) is 3.29. The second-order valence-electron chi connectivity index (χ2n) is 9.96. The van der Waals surface area contributed by atoms with Crippen molar-refractivity contribution < 1.29 is 14.6 Å². The van der Waals surface area contributed by atoms with Gasteiger partial charge in [0, 0.05) is 28.4 Å². The molecule has 6 rings (SSSR count). The number of benzene rings is 3. The van der Waals surface area contributed by atoms with Crippen molar-refractivity contribution in [3.05, 3.63) is 100 Å². The maximum atomic E-state index is 12.2. The van der Waals surface area contributed by atoms with Gasteiger partial charge in [0.05, 0.1) is 28.2 Å². The topological polar surface area (TPSA) is 77.2 Å². The summed E-state index contributed by atoms with van der Waals surface area (Å²) in [5, 5.41) is 11.1. The van der Waals surface area contributed by atoms with E-state index in [2.05, 4.69) is 38.7 Å². The minimum Gasteiger partial charge on any atom is -0.487 e. The van der Waals surface area contributed by atoms with E-state index >= 15 is 0 Å². The summed E-state index contributed by atoms with van der Waals surface area (Å²) in [6.45, 7) is 0.973. The van der Waals surface area contributed by atoms with Crippen molar-refractivity contribution in [1.82, 2.24) is 14.5 Å². The van der Waals surface area contributed by atoms with E-state index in [1.807, 2.05) is 60.7 Å². The van der Waals surface area contributed by atoms with Crippen LogP contribution in [-0.2, 0) is 17.9 Å². The largest absolute Gasteiger partial charge is 0.487 e. The highest BCUT2D eigenvalue weighted by Crippen LogP contribution is 2.39. The molecule has 2 heterocycles. The second kappa shape index (κ2) is 10.6. The number of carboxylic acid groups (broad SMARTS) is 1. The summed E-state index contributed by atoms with van der Waals surface area (Å²) in [5.74, 6) is 0.288. The van der Waals surface area contributed by atoms with Crippen molar-refractivity contribution >= 4 is 43.8 Å². The van der Waals surface area contributed by atoms with E-state index in [-0.39, 0.29) is 5.92 Å². The Morgan fingerprint density at radius 2 is 1.82 bits per heavy atom. The number of carboxylic acids is 1. The molecular weight excluding hydrogens is 542 g/mol. The van der Waals surface area contributed by atoms with Gasteiger partial charge in [-0.15, -0.1) is 0 Å². The van der Waals surface area contributed by atoms with E-state index in [1.165, 1.54) is 0 Å². The van der Waals surface area contributed by atoms with Crippen molar-refractivity contribution in [3.63, 3.8) is 0 Å². The van der Waals surface area contributed by atoms with E-state index in [0.29, 0.717) is 25.3 Å². The number of rotatable bonds is 7. The first-order chi connectivity index (χ1) is 18.5. The zero-order valence-corrected chi connectivity index (χ0v) is 22.5. The summed E-state index contributed by atoms with van der Waals surface area (Å²) in [5.41, 5.74) is 4.72. The number of carbonyl (C=O) groups is 1. The number of fused-ring (bicyclic) bond motifs is 2. The van der Waals surface area contributed by atoms with E-state index in [0.717, 1.165) is 62.8 Å². The van der Waals surface area contributed by atoms with Crippen LogP contribution in [-0.4, -0.2) is 25.6 Å². The summed E-state index contributed by atoms with van der Waals surface area (Å²) >= 11 is 3.57. The Hall–Kier alpha value is -3.71. The van der Waals surface area contributed by atoms with Crippen LogP contribution in [0.25, 0.3) is 21.9 Å².